The molecular weight excluding hydrogens is 292 g/mol. The Morgan fingerprint density at radius 1 is 1.25 bits per heavy atom. The van der Waals surface area contributed by atoms with E-state index >= 15 is 0 Å². The van der Waals surface area contributed by atoms with Gasteiger partial charge in [0.2, 0.25) is 0 Å². The van der Waals surface area contributed by atoms with E-state index in [-0.39, 0.29) is 0 Å². The van der Waals surface area contributed by atoms with Crippen molar-refractivity contribution in [2.24, 2.45) is 0 Å². The molecule has 0 aliphatic heterocycles. The molecule has 0 heterocycles. The maximum atomic E-state index is 11.7. The van der Waals surface area contributed by atoms with Crippen molar-refractivity contribution in [3.05, 3.63) is 64.2 Å². The van der Waals surface area contributed by atoms with Crippen molar-refractivity contribution in [2.45, 2.75) is 17.6 Å². The van der Waals surface area contributed by atoms with Crippen LogP contribution in [0.1, 0.15) is 21.5 Å². The van der Waals surface area contributed by atoms with E-state index in [1.54, 1.807) is 17.8 Å². The summed E-state index contributed by atoms with van der Waals surface area (Å²) in [6.07, 6.45) is 0. The van der Waals surface area contributed by atoms with Crippen LogP contribution in [0, 0.1) is 6.92 Å². The van der Waals surface area contributed by atoms with Gasteiger partial charge in [-0.25, -0.2) is 4.79 Å². The van der Waals surface area contributed by atoms with E-state index in [2.05, 4.69) is 12.1 Å². The van der Waals surface area contributed by atoms with Crippen LogP contribution in [0.4, 0.5) is 0 Å². The lowest BCUT2D eigenvalue weighted by Gasteiger charge is -2.10. The van der Waals surface area contributed by atoms with Crippen molar-refractivity contribution in [1.29, 1.82) is 0 Å². The van der Waals surface area contributed by atoms with Crippen molar-refractivity contribution in [3.8, 4) is 0 Å². The van der Waals surface area contributed by atoms with Crippen molar-refractivity contribution in [2.75, 3.05) is 7.11 Å². The van der Waals surface area contributed by atoms with E-state index in [9.17, 15) is 4.79 Å². The van der Waals surface area contributed by atoms with Gasteiger partial charge in [0.25, 0.3) is 0 Å². The van der Waals surface area contributed by atoms with Crippen LogP contribution in [0.15, 0.2) is 47.4 Å². The first-order valence-corrected chi connectivity index (χ1v) is 7.53. The molecule has 2 aromatic rings. The molecule has 0 aromatic heterocycles. The fourth-order valence-corrected chi connectivity index (χ4v) is 3.20. The second-order valence-corrected chi connectivity index (χ2v) is 5.79. The van der Waals surface area contributed by atoms with Gasteiger partial charge in [0.05, 0.1) is 17.7 Å². The highest BCUT2D eigenvalue weighted by Crippen LogP contribution is 2.33. The first kappa shape index (κ1) is 14.9. The summed E-state index contributed by atoms with van der Waals surface area (Å²) in [7, 11) is 1.36. The molecule has 20 heavy (non-hydrogen) atoms. The maximum Gasteiger partial charge on any atom is 0.339 e. The van der Waals surface area contributed by atoms with Gasteiger partial charge in [-0.05, 0) is 30.2 Å². The molecule has 0 aliphatic rings. The fourth-order valence-electron chi connectivity index (χ4n) is 1.83. The molecule has 0 bridgehead atoms. The Labute approximate surface area is 128 Å². The zero-order valence-electron chi connectivity index (χ0n) is 11.4. The molecule has 0 N–H and O–H groups in total. The Bertz CT molecular complexity index is 611. The third kappa shape index (κ3) is 3.56. The molecular formula is C16H15ClO2S. The lowest BCUT2D eigenvalue weighted by atomic mass is 10.1. The summed E-state index contributed by atoms with van der Waals surface area (Å²) in [6, 6.07) is 13.9. The Kier molecular flexibility index (Phi) is 5.10. The Morgan fingerprint density at radius 3 is 2.60 bits per heavy atom. The van der Waals surface area contributed by atoms with Crippen molar-refractivity contribution >= 4 is 29.3 Å². The standard InChI is InChI=1S/C16H15ClO2S/c1-11-8-13(16(18)19-2)15(17)14(9-11)20-10-12-6-4-3-5-7-12/h3-9H,10H2,1-2H3. The van der Waals surface area contributed by atoms with Crippen molar-refractivity contribution < 1.29 is 9.53 Å². The maximum absolute atomic E-state index is 11.7. The van der Waals surface area contributed by atoms with Crippen LogP contribution in [0.2, 0.25) is 5.02 Å². The number of halogens is 1. The summed E-state index contributed by atoms with van der Waals surface area (Å²) < 4.78 is 4.76. The quantitative estimate of drug-likeness (QED) is 0.603. The van der Waals surface area contributed by atoms with Crippen LogP contribution >= 0.6 is 23.4 Å². The number of hydrogen-bond donors (Lipinski definition) is 0. The van der Waals surface area contributed by atoms with E-state index in [1.807, 2.05) is 31.2 Å². The summed E-state index contributed by atoms with van der Waals surface area (Å²) in [5.41, 5.74) is 2.63. The van der Waals surface area contributed by atoms with E-state index in [0.29, 0.717) is 10.6 Å². The van der Waals surface area contributed by atoms with Crippen LogP contribution in [0.25, 0.3) is 0 Å². The van der Waals surface area contributed by atoms with E-state index in [1.165, 1.54) is 12.7 Å². The summed E-state index contributed by atoms with van der Waals surface area (Å²) in [4.78, 5) is 12.6. The highest BCUT2D eigenvalue weighted by Gasteiger charge is 2.15. The highest BCUT2D eigenvalue weighted by molar-refractivity contribution is 7.98. The molecule has 0 spiro atoms. The lowest BCUT2D eigenvalue weighted by molar-refractivity contribution is 0.0600. The third-order valence-electron chi connectivity index (χ3n) is 2.83. The average Bonchev–Trinajstić information content (AvgIpc) is 2.48. The van der Waals surface area contributed by atoms with E-state index in [0.717, 1.165) is 16.2 Å². The SMILES string of the molecule is COC(=O)c1cc(C)cc(SCc2ccccc2)c1Cl. The molecule has 0 radical (unpaired) electrons. The predicted molar refractivity (Wildman–Crippen MR) is 83.5 cm³/mol. The molecule has 0 fully saturated rings. The normalized spacial score (nSPS) is 10.3. The van der Waals surface area contributed by atoms with E-state index < -0.39 is 5.97 Å². The molecule has 0 atom stereocenters. The minimum atomic E-state index is -0.403. The van der Waals surface area contributed by atoms with Crippen LogP contribution in [-0.2, 0) is 10.5 Å². The first-order chi connectivity index (χ1) is 9.61. The molecule has 0 saturated carbocycles. The average molecular weight is 307 g/mol. The second kappa shape index (κ2) is 6.82. The predicted octanol–water partition coefficient (Wildman–Crippen LogP) is 4.73. The number of thioether (sulfide) groups is 1. The Morgan fingerprint density at radius 2 is 1.95 bits per heavy atom. The van der Waals surface area contributed by atoms with Gasteiger partial charge in [-0.1, -0.05) is 41.9 Å². The zero-order valence-corrected chi connectivity index (χ0v) is 12.9. The van der Waals surface area contributed by atoms with Gasteiger partial charge >= 0.3 is 5.97 Å². The van der Waals surface area contributed by atoms with Crippen LogP contribution in [-0.4, -0.2) is 13.1 Å². The molecule has 2 aromatic carbocycles. The summed E-state index contributed by atoms with van der Waals surface area (Å²) >= 11 is 7.92. The third-order valence-corrected chi connectivity index (χ3v) is 4.46. The number of carbonyl (C=O) groups excluding carboxylic acids is 1. The number of methoxy groups -OCH3 is 1. The minimum absolute atomic E-state index is 0.403. The van der Waals surface area contributed by atoms with Gasteiger partial charge in [0.15, 0.2) is 0 Å². The minimum Gasteiger partial charge on any atom is -0.465 e. The molecule has 0 unspecified atom stereocenters. The van der Waals surface area contributed by atoms with E-state index in [4.69, 9.17) is 16.3 Å². The second-order valence-electron chi connectivity index (χ2n) is 4.39. The molecule has 4 heteroatoms. The number of rotatable bonds is 4. The summed E-state index contributed by atoms with van der Waals surface area (Å²) in [5, 5.41) is 0.461. The molecule has 2 rings (SSSR count). The van der Waals surface area contributed by atoms with Gasteiger partial charge in [-0.3, -0.25) is 0 Å². The van der Waals surface area contributed by atoms with Crippen LogP contribution < -0.4 is 0 Å². The highest BCUT2D eigenvalue weighted by atomic mass is 35.5. The summed E-state index contributed by atoms with van der Waals surface area (Å²) in [5.74, 6) is 0.408. The summed E-state index contributed by atoms with van der Waals surface area (Å²) in [6.45, 7) is 1.94. The Balaban J connectivity index is 2.23. The van der Waals surface area contributed by atoms with Crippen LogP contribution in [0.3, 0.4) is 0 Å². The zero-order chi connectivity index (χ0) is 14.5. The first-order valence-electron chi connectivity index (χ1n) is 6.17. The van der Waals surface area contributed by atoms with Gasteiger partial charge in [-0.15, -0.1) is 11.8 Å². The number of ether oxygens (including phenoxy) is 1. The smallest absolute Gasteiger partial charge is 0.339 e. The number of esters is 1. The topological polar surface area (TPSA) is 26.3 Å². The largest absolute Gasteiger partial charge is 0.465 e. The number of benzene rings is 2. The fraction of sp³-hybridized carbons (Fsp3) is 0.188. The molecule has 0 amide bonds. The molecule has 0 saturated heterocycles. The van der Waals surface area contributed by atoms with Crippen molar-refractivity contribution in [3.63, 3.8) is 0 Å². The number of aryl methyl sites for hydroxylation is 1. The lowest BCUT2D eigenvalue weighted by Crippen LogP contribution is -2.03. The van der Waals surface area contributed by atoms with Crippen molar-refractivity contribution in [1.82, 2.24) is 0 Å². The Hall–Kier alpha value is -1.45. The van der Waals surface area contributed by atoms with Gasteiger partial charge in [0, 0.05) is 10.6 Å². The number of carbonyl (C=O) groups is 1. The molecule has 2 nitrogen and oxygen atoms in total. The number of hydrogen-bond acceptors (Lipinski definition) is 3. The molecule has 104 valence electrons. The van der Waals surface area contributed by atoms with Crippen LogP contribution in [0.5, 0.6) is 0 Å². The van der Waals surface area contributed by atoms with Gasteiger partial charge in [-0.2, -0.15) is 0 Å². The van der Waals surface area contributed by atoms with Gasteiger partial charge < -0.3 is 4.74 Å². The van der Waals surface area contributed by atoms with Gasteiger partial charge in [0.1, 0.15) is 0 Å². The molecule has 0 aliphatic carbocycles. The monoisotopic (exact) mass is 306 g/mol.